The van der Waals surface area contributed by atoms with Gasteiger partial charge in [-0.1, -0.05) is 41.9 Å². The number of guanidine groups is 1. The molecule has 0 atom stereocenters. The van der Waals surface area contributed by atoms with Crippen molar-refractivity contribution < 1.29 is 0 Å². The van der Waals surface area contributed by atoms with Gasteiger partial charge in [0.25, 0.3) is 0 Å². The van der Waals surface area contributed by atoms with Gasteiger partial charge >= 0.3 is 0 Å². The van der Waals surface area contributed by atoms with E-state index in [4.69, 9.17) is 11.6 Å². The summed E-state index contributed by atoms with van der Waals surface area (Å²) < 4.78 is 0. The van der Waals surface area contributed by atoms with Gasteiger partial charge in [0.15, 0.2) is 0 Å². The first-order valence-electron chi connectivity index (χ1n) is 6.65. The smallest absolute Gasteiger partial charge is 0.219 e. The number of halogens is 1. The van der Waals surface area contributed by atoms with E-state index in [1.54, 1.807) is 6.21 Å². The lowest BCUT2D eigenvalue weighted by Gasteiger charge is -2.26. The molecule has 0 bridgehead atoms. The van der Waals surface area contributed by atoms with Crippen molar-refractivity contribution in [2.45, 2.75) is 6.54 Å². The Morgan fingerprint density at radius 3 is 2.86 bits per heavy atom. The average molecular weight is 299 g/mol. The highest BCUT2D eigenvalue weighted by Crippen LogP contribution is 2.27. The Bertz CT molecular complexity index is 695. The van der Waals surface area contributed by atoms with Crippen LogP contribution < -0.4 is 10.3 Å². The number of rotatable bonds is 2. The lowest BCUT2D eigenvalue weighted by molar-refractivity contribution is 0.908. The van der Waals surface area contributed by atoms with Crippen LogP contribution >= 0.6 is 11.6 Å². The zero-order valence-electron chi connectivity index (χ0n) is 11.6. The van der Waals surface area contributed by atoms with E-state index < -0.39 is 0 Å². The molecule has 0 amide bonds. The predicted molar refractivity (Wildman–Crippen MR) is 88.2 cm³/mol. The second-order valence-electron chi connectivity index (χ2n) is 4.75. The second kappa shape index (κ2) is 5.97. The maximum Gasteiger partial charge on any atom is 0.219 e. The van der Waals surface area contributed by atoms with E-state index in [9.17, 15) is 0 Å². The number of hydrazone groups is 1. The van der Waals surface area contributed by atoms with Gasteiger partial charge in [-0.2, -0.15) is 5.10 Å². The summed E-state index contributed by atoms with van der Waals surface area (Å²) in [6.07, 6.45) is 1.77. The highest BCUT2D eigenvalue weighted by Gasteiger charge is 2.17. The van der Waals surface area contributed by atoms with E-state index in [0.717, 1.165) is 27.8 Å². The first-order chi connectivity index (χ1) is 10.2. The molecular formula is C16H15ClN4. The Hall–Kier alpha value is -2.33. The molecule has 1 N–H and O–H groups in total. The van der Waals surface area contributed by atoms with Crippen LogP contribution in [0.2, 0.25) is 5.02 Å². The largest absolute Gasteiger partial charge is 0.314 e. The topological polar surface area (TPSA) is 40.0 Å². The van der Waals surface area contributed by atoms with Crippen molar-refractivity contribution in [1.82, 2.24) is 5.43 Å². The number of benzene rings is 2. The third-order valence-electron chi connectivity index (χ3n) is 3.30. The van der Waals surface area contributed by atoms with Crippen molar-refractivity contribution in [3.05, 3.63) is 64.7 Å². The minimum absolute atomic E-state index is 0.601. The number of nitrogens with one attached hydrogen (secondary N) is 1. The van der Waals surface area contributed by atoms with Crippen LogP contribution in [0.3, 0.4) is 0 Å². The number of hydrogen-bond acceptors (Lipinski definition) is 4. The zero-order chi connectivity index (χ0) is 14.7. The first kappa shape index (κ1) is 13.6. The maximum absolute atomic E-state index is 6.01. The summed E-state index contributed by atoms with van der Waals surface area (Å²) in [6.45, 7) is 0.601. The molecule has 0 saturated carbocycles. The van der Waals surface area contributed by atoms with E-state index >= 15 is 0 Å². The van der Waals surface area contributed by atoms with Gasteiger partial charge in [0, 0.05) is 17.8 Å². The third kappa shape index (κ3) is 3.06. The standard InChI is InChI=1S/C16H15ClN4/c1-21-15-8-7-14(17)9-13(15)11-18-16(21)20-19-10-12-5-3-2-4-6-12/h2-10H,11H2,1H3,(H,18,20)/b19-10+. The van der Waals surface area contributed by atoms with Crippen LogP contribution in [0.25, 0.3) is 0 Å². The fraction of sp³-hybridized carbons (Fsp3) is 0.125. The number of nitrogens with zero attached hydrogens (tertiary/aromatic N) is 3. The van der Waals surface area contributed by atoms with Gasteiger partial charge in [0.05, 0.1) is 12.8 Å². The van der Waals surface area contributed by atoms with Gasteiger partial charge in [-0.05, 0) is 29.3 Å². The van der Waals surface area contributed by atoms with E-state index in [1.807, 2.05) is 60.5 Å². The Labute approximate surface area is 128 Å². The Morgan fingerprint density at radius 1 is 1.24 bits per heavy atom. The van der Waals surface area contributed by atoms with Crippen LogP contribution in [-0.4, -0.2) is 19.2 Å². The summed E-state index contributed by atoms with van der Waals surface area (Å²) in [5.74, 6) is 0.719. The molecule has 3 rings (SSSR count). The summed E-state index contributed by atoms with van der Waals surface area (Å²) in [4.78, 5) is 6.45. The van der Waals surface area contributed by atoms with Crippen LogP contribution in [0.5, 0.6) is 0 Å². The lowest BCUT2D eigenvalue weighted by atomic mass is 10.1. The number of fused-ring (bicyclic) bond motifs is 1. The molecule has 4 nitrogen and oxygen atoms in total. The van der Waals surface area contributed by atoms with Crippen LogP contribution in [0, 0.1) is 0 Å². The van der Waals surface area contributed by atoms with Gasteiger partial charge in [-0.3, -0.25) is 0 Å². The number of hydrogen-bond donors (Lipinski definition) is 1. The molecule has 2 aromatic carbocycles. The van der Waals surface area contributed by atoms with E-state index in [0.29, 0.717) is 6.54 Å². The molecule has 1 aliphatic heterocycles. The molecule has 2 aromatic rings. The van der Waals surface area contributed by atoms with Crippen LogP contribution in [0.15, 0.2) is 58.6 Å². The van der Waals surface area contributed by atoms with Crippen LogP contribution in [0.1, 0.15) is 11.1 Å². The molecule has 21 heavy (non-hydrogen) atoms. The zero-order valence-corrected chi connectivity index (χ0v) is 12.4. The molecule has 0 aromatic heterocycles. The van der Waals surface area contributed by atoms with Crippen molar-refractivity contribution >= 4 is 29.5 Å². The van der Waals surface area contributed by atoms with Crippen molar-refractivity contribution in [2.75, 3.05) is 11.9 Å². The van der Waals surface area contributed by atoms with Gasteiger partial charge in [0.1, 0.15) is 0 Å². The van der Waals surface area contributed by atoms with Gasteiger partial charge in [-0.15, -0.1) is 0 Å². The number of aliphatic imine (C=N–C) groups is 1. The van der Waals surface area contributed by atoms with Gasteiger partial charge in [-0.25, -0.2) is 10.4 Å². The summed E-state index contributed by atoms with van der Waals surface area (Å²) in [6, 6.07) is 15.7. The number of anilines is 1. The summed E-state index contributed by atoms with van der Waals surface area (Å²) in [7, 11) is 1.95. The Kier molecular flexibility index (Phi) is 3.88. The minimum Gasteiger partial charge on any atom is -0.314 e. The second-order valence-corrected chi connectivity index (χ2v) is 5.19. The molecular weight excluding hydrogens is 284 g/mol. The Balaban J connectivity index is 1.72. The summed E-state index contributed by atoms with van der Waals surface area (Å²) in [5, 5.41) is 4.96. The molecule has 0 unspecified atom stereocenters. The Morgan fingerprint density at radius 2 is 2.05 bits per heavy atom. The monoisotopic (exact) mass is 298 g/mol. The molecule has 0 aliphatic carbocycles. The SMILES string of the molecule is CN1C(N/N=C/c2ccccc2)=NCc2cc(Cl)ccc21. The van der Waals surface area contributed by atoms with Gasteiger partial charge < -0.3 is 4.90 Å². The molecule has 0 spiro atoms. The summed E-state index contributed by atoms with van der Waals surface area (Å²) in [5.41, 5.74) is 6.23. The van der Waals surface area contributed by atoms with Crippen LogP contribution in [0.4, 0.5) is 5.69 Å². The average Bonchev–Trinajstić information content (AvgIpc) is 2.50. The molecule has 0 saturated heterocycles. The fourth-order valence-corrected chi connectivity index (χ4v) is 2.40. The van der Waals surface area contributed by atoms with E-state index in [2.05, 4.69) is 15.5 Å². The van der Waals surface area contributed by atoms with Crippen LogP contribution in [-0.2, 0) is 6.54 Å². The van der Waals surface area contributed by atoms with Crippen molar-refractivity contribution in [1.29, 1.82) is 0 Å². The quantitative estimate of drug-likeness (QED) is 0.683. The van der Waals surface area contributed by atoms with E-state index in [1.165, 1.54) is 0 Å². The summed E-state index contributed by atoms with van der Waals surface area (Å²) >= 11 is 6.01. The molecule has 0 radical (unpaired) electrons. The highest BCUT2D eigenvalue weighted by molar-refractivity contribution is 6.30. The normalized spacial score (nSPS) is 14.0. The fourth-order valence-electron chi connectivity index (χ4n) is 2.20. The van der Waals surface area contributed by atoms with Crippen molar-refractivity contribution in [3.8, 4) is 0 Å². The predicted octanol–water partition coefficient (Wildman–Crippen LogP) is 3.27. The first-order valence-corrected chi connectivity index (χ1v) is 7.02. The minimum atomic E-state index is 0.601. The molecule has 1 aliphatic rings. The maximum atomic E-state index is 6.01. The molecule has 106 valence electrons. The van der Waals surface area contributed by atoms with Crippen molar-refractivity contribution in [2.24, 2.45) is 10.1 Å². The lowest BCUT2D eigenvalue weighted by Crippen LogP contribution is -2.38. The van der Waals surface area contributed by atoms with Gasteiger partial charge in [0.2, 0.25) is 5.96 Å². The molecule has 0 fully saturated rings. The van der Waals surface area contributed by atoms with E-state index in [-0.39, 0.29) is 0 Å². The van der Waals surface area contributed by atoms with Crippen molar-refractivity contribution in [3.63, 3.8) is 0 Å². The molecule has 1 heterocycles. The molecule has 5 heteroatoms. The third-order valence-corrected chi connectivity index (χ3v) is 3.53. The highest BCUT2D eigenvalue weighted by atomic mass is 35.5.